The Kier molecular flexibility index (Phi) is 6.61. The lowest BCUT2D eigenvalue weighted by Gasteiger charge is -2.45. The summed E-state index contributed by atoms with van der Waals surface area (Å²) in [5, 5.41) is 12.3. The summed E-state index contributed by atoms with van der Waals surface area (Å²) >= 11 is 0. The van der Waals surface area contributed by atoms with Crippen molar-refractivity contribution < 1.29 is 33.7 Å². The molecule has 1 saturated carbocycles. The SMILES string of the molecule is C=C1C([C@@H](C)[C@H]2CC=C(C)C(=O)O2)=CC[C@]2(C)[C@H]1C[C@]1(O)C=C3C=CC(=O)OC(C)(C)[C@H]3[C@H](OC(C)=O)C[C@@H]21. The summed E-state index contributed by atoms with van der Waals surface area (Å²) in [5.41, 5.74) is 0.963. The molecule has 0 radical (unpaired) electrons. The number of cyclic esters (lactones) is 2. The molecule has 39 heavy (non-hydrogen) atoms. The van der Waals surface area contributed by atoms with Crippen molar-refractivity contribution in [1.29, 1.82) is 0 Å². The Balaban J connectivity index is 1.52. The van der Waals surface area contributed by atoms with Crippen molar-refractivity contribution in [1.82, 2.24) is 0 Å². The maximum Gasteiger partial charge on any atom is 0.333 e. The van der Waals surface area contributed by atoms with Crippen LogP contribution in [0.15, 0.2) is 59.3 Å². The highest BCUT2D eigenvalue weighted by atomic mass is 16.6. The summed E-state index contributed by atoms with van der Waals surface area (Å²) in [7, 11) is 0. The van der Waals surface area contributed by atoms with Crippen LogP contribution in [0.2, 0.25) is 0 Å². The lowest BCUT2D eigenvalue weighted by Crippen LogP contribution is -2.46. The minimum absolute atomic E-state index is 0.0152. The van der Waals surface area contributed by atoms with Crippen molar-refractivity contribution >= 4 is 17.9 Å². The fourth-order valence-corrected chi connectivity index (χ4v) is 8.07. The quantitative estimate of drug-likeness (QED) is 0.404. The lowest BCUT2D eigenvalue weighted by molar-refractivity contribution is -0.166. The number of aliphatic hydroxyl groups is 1. The average molecular weight is 537 g/mol. The van der Waals surface area contributed by atoms with E-state index in [1.165, 1.54) is 13.0 Å². The van der Waals surface area contributed by atoms with E-state index in [1.54, 1.807) is 13.0 Å². The fraction of sp³-hybridized carbons (Fsp3) is 0.594. The second kappa shape index (κ2) is 9.33. The molecule has 7 nitrogen and oxygen atoms in total. The number of esters is 3. The molecular formula is C32H40O7. The summed E-state index contributed by atoms with van der Waals surface area (Å²) in [4.78, 5) is 36.9. The van der Waals surface area contributed by atoms with Gasteiger partial charge >= 0.3 is 17.9 Å². The Labute approximate surface area is 230 Å². The van der Waals surface area contributed by atoms with E-state index in [0.717, 1.165) is 16.7 Å². The van der Waals surface area contributed by atoms with Gasteiger partial charge in [-0.1, -0.05) is 38.7 Å². The van der Waals surface area contributed by atoms with Gasteiger partial charge in [0, 0.05) is 36.8 Å². The highest BCUT2D eigenvalue weighted by molar-refractivity contribution is 5.88. The molecule has 2 heterocycles. The molecule has 5 aliphatic rings. The first-order valence-electron chi connectivity index (χ1n) is 14.0. The number of allylic oxidation sites excluding steroid dienone is 3. The van der Waals surface area contributed by atoms with Gasteiger partial charge in [0.25, 0.3) is 0 Å². The molecular weight excluding hydrogens is 496 g/mol. The maximum absolute atomic E-state index is 12.4. The van der Waals surface area contributed by atoms with E-state index in [1.807, 2.05) is 26.0 Å². The van der Waals surface area contributed by atoms with Crippen LogP contribution in [0.3, 0.4) is 0 Å². The molecule has 0 aromatic heterocycles. The first kappa shape index (κ1) is 27.6. The van der Waals surface area contributed by atoms with E-state index in [4.69, 9.17) is 14.2 Å². The van der Waals surface area contributed by atoms with Gasteiger partial charge in [-0.15, -0.1) is 0 Å². The van der Waals surface area contributed by atoms with E-state index in [9.17, 15) is 19.5 Å². The predicted octanol–water partition coefficient (Wildman–Crippen LogP) is 4.91. The third-order valence-electron chi connectivity index (χ3n) is 10.0. The molecule has 0 unspecified atom stereocenters. The Morgan fingerprint density at radius 2 is 1.92 bits per heavy atom. The Morgan fingerprint density at radius 3 is 2.59 bits per heavy atom. The van der Waals surface area contributed by atoms with Crippen molar-refractivity contribution in [3.63, 3.8) is 0 Å². The van der Waals surface area contributed by atoms with Gasteiger partial charge in [0.05, 0.1) is 11.5 Å². The molecule has 0 saturated heterocycles. The zero-order chi connectivity index (χ0) is 28.5. The number of carbonyl (C=O) groups excluding carboxylic acids is 3. The van der Waals surface area contributed by atoms with Gasteiger partial charge in [-0.2, -0.15) is 0 Å². The minimum Gasteiger partial charge on any atom is -0.462 e. The maximum atomic E-state index is 12.4. The first-order valence-corrected chi connectivity index (χ1v) is 14.0. The molecule has 0 aromatic rings. The standard InChI is InChI=1S/C32H40O7/c1-17-8-10-24(38-29(17)35)19(3)22-12-13-31(7)23(18(22)2)16-32(36)15-21-9-11-27(34)39-30(5,6)28(21)25(14-26(31)32)37-20(4)33/h8-9,11-12,15,19,23-26,28,36H,2,10,13-14,16H2,1,3-7H3/t19-,23+,24-,25-,26+,28-,31-,32-/m1/s1. The number of hydrogen-bond acceptors (Lipinski definition) is 7. The van der Waals surface area contributed by atoms with Crippen molar-refractivity contribution in [3.05, 3.63) is 59.3 Å². The predicted molar refractivity (Wildman–Crippen MR) is 145 cm³/mol. The first-order chi connectivity index (χ1) is 18.2. The summed E-state index contributed by atoms with van der Waals surface area (Å²) in [6.45, 7) is 15.6. The van der Waals surface area contributed by atoms with Crippen LogP contribution in [-0.4, -0.2) is 46.4 Å². The van der Waals surface area contributed by atoms with E-state index < -0.39 is 35.2 Å². The third-order valence-corrected chi connectivity index (χ3v) is 10.0. The van der Waals surface area contributed by atoms with Crippen molar-refractivity contribution in [3.8, 4) is 0 Å². The van der Waals surface area contributed by atoms with Gasteiger partial charge in [-0.3, -0.25) is 4.79 Å². The molecule has 3 aliphatic carbocycles. The highest BCUT2D eigenvalue weighted by Gasteiger charge is 2.63. The van der Waals surface area contributed by atoms with Gasteiger partial charge in [-0.05, 0) is 74.2 Å². The third kappa shape index (κ3) is 4.52. The smallest absolute Gasteiger partial charge is 0.333 e. The van der Waals surface area contributed by atoms with Gasteiger partial charge in [0.2, 0.25) is 0 Å². The van der Waals surface area contributed by atoms with Crippen LogP contribution in [0.25, 0.3) is 0 Å². The number of carbonyl (C=O) groups is 3. The van der Waals surface area contributed by atoms with Crippen LogP contribution < -0.4 is 0 Å². The molecule has 210 valence electrons. The van der Waals surface area contributed by atoms with Crippen LogP contribution in [0.4, 0.5) is 0 Å². The molecule has 2 aliphatic heterocycles. The number of ether oxygens (including phenoxy) is 3. The Bertz CT molecular complexity index is 1250. The van der Waals surface area contributed by atoms with Crippen LogP contribution in [0.1, 0.15) is 67.2 Å². The zero-order valence-electron chi connectivity index (χ0n) is 23.8. The summed E-state index contributed by atoms with van der Waals surface area (Å²) in [6, 6.07) is 0. The normalized spacial score (nSPS) is 39.8. The average Bonchev–Trinajstić information content (AvgIpc) is 2.91. The van der Waals surface area contributed by atoms with Crippen LogP contribution in [0.5, 0.6) is 0 Å². The van der Waals surface area contributed by atoms with Gasteiger partial charge < -0.3 is 19.3 Å². The van der Waals surface area contributed by atoms with Gasteiger partial charge in [0.15, 0.2) is 0 Å². The van der Waals surface area contributed by atoms with Crippen molar-refractivity contribution in [2.75, 3.05) is 0 Å². The number of fused-ring (bicyclic) bond motifs is 4. The van der Waals surface area contributed by atoms with Crippen LogP contribution >= 0.6 is 0 Å². The molecule has 1 fully saturated rings. The van der Waals surface area contributed by atoms with E-state index in [2.05, 4.69) is 26.5 Å². The van der Waals surface area contributed by atoms with E-state index in [0.29, 0.717) is 31.3 Å². The molecule has 0 amide bonds. The Hall–Kier alpha value is -2.93. The summed E-state index contributed by atoms with van der Waals surface area (Å²) < 4.78 is 17.4. The monoisotopic (exact) mass is 536 g/mol. The lowest BCUT2D eigenvalue weighted by atomic mass is 9.61. The fourth-order valence-electron chi connectivity index (χ4n) is 8.07. The zero-order valence-corrected chi connectivity index (χ0v) is 23.8. The largest absolute Gasteiger partial charge is 0.462 e. The summed E-state index contributed by atoms with van der Waals surface area (Å²) in [6.07, 6.45) is 10.6. The van der Waals surface area contributed by atoms with Crippen LogP contribution in [0, 0.1) is 29.1 Å². The highest BCUT2D eigenvalue weighted by Crippen LogP contribution is 2.64. The molecule has 7 heteroatoms. The second-order valence-electron chi connectivity index (χ2n) is 12.9. The molecule has 0 bridgehead atoms. The van der Waals surface area contributed by atoms with Gasteiger partial charge in [-0.25, -0.2) is 9.59 Å². The molecule has 0 aromatic carbocycles. The topological polar surface area (TPSA) is 99.1 Å². The van der Waals surface area contributed by atoms with Crippen molar-refractivity contribution in [2.45, 2.75) is 90.6 Å². The van der Waals surface area contributed by atoms with Crippen LogP contribution in [-0.2, 0) is 28.6 Å². The summed E-state index contributed by atoms with van der Waals surface area (Å²) in [5.74, 6) is -1.83. The van der Waals surface area contributed by atoms with E-state index >= 15 is 0 Å². The van der Waals surface area contributed by atoms with Gasteiger partial charge in [0.1, 0.15) is 17.8 Å². The van der Waals surface area contributed by atoms with Crippen molar-refractivity contribution in [2.24, 2.45) is 29.1 Å². The Morgan fingerprint density at radius 1 is 1.21 bits per heavy atom. The molecule has 1 N–H and O–H groups in total. The molecule has 0 spiro atoms. The van der Waals surface area contributed by atoms with E-state index in [-0.39, 0.29) is 35.2 Å². The number of hydrogen-bond donors (Lipinski definition) is 1. The minimum atomic E-state index is -1.19. The molecule has 5 rings (SSSR count). The molecule has 8 atom stereocenters. The number of rotatable bonds is 3. The second-order valence-corrected chi connectivity index (χ2v) is 12.9.